The Labute approximate surface area is 154 Å². The molecule has 0 aliphatic rings. The Kier molecular flexibility index (Phi) is 5.73. The molecule has 0 atom stereocenters. The van der Waals surface area contributed by atoms with Crippen LogP contribution in [0.25, 0.3) is 0 Å². The Morgan fingerprint density at radius 2 is 1.96 bits per heavy atom. The highest BCUT2D eigenvalue weighted by Crippen LogP contribution is 2.24. The van der Waals surface area contributed by atoms with E-state index in [1.807, 2.05) is 18.2 Å². The van der Waals surface area contributed by atoms with Crippen LogP contribution in [0, 0.1) is 6.92 Å². The maximum atomic E-state index is 5.32. The predicted molar refractivity (Wildman–Crippen MR) is 106 cm³/mol. The van der Waals surface area contributed by atoms with Gasteiger partial charge >= 0.3 is 0 Å². The molecule has 0 aliphatic heterocycles. The third kappa shape index (κ3) is 4.33. The summed E-state index contributed by atoms with van der Waals surface area (Å²) < 4.78 is 5.32. The van der Waals surface area contributed by atoms with Crippen LogP contribution in [0.5, 0.6) is 0 Å². The third-order valence-electron chi connectivity index (χ3n) is 4.26. The predicted octanol–water partition coefficient (Wildman–Crippen LogP) is 4.58. The van der Waals surface area contributed by atoms with Crippen LogP contribution < -0.4 is 15.5 Å². The van der Waals surface area contributed by atoms with Crippen molar-refractivity contribution in [3.63, 3.8) is 0 Å². The molecule has 0 bridgehead atoms. The minimum Gasteiger partial charge on any atom is -0.467 e. The Morgan fingerprint density at radius 3 is 2.65 bits per heavy atom. The SMILES string of the molecule is CCN(CC)c1ccc(Nc2nccc(NCc3ccco3)n2)c(C)c1. The monoisotopic (exact) mass is 351 g/mol. The van der Waals surface area contributed by atoms with Gasteiger partial charge in [-0.15, -0.1) is 0 Å². The summed E-state index contributed by atoms with van der Waals surface area (Å²) in [7, 11) is 0. The van der Waals surface area contributed by atoms with Crippen LogP contribution in [0.3, 0.4) is 0 Å². The fourth-order valence-corrected chi connectivity index (χ4v) is 2.80. The van der Waals surface area contributed by atoms with Crippen molar-refractivity contribution in [2.75, 3.05) is 28.6 Å². The van der Waals surface area contributed by atoms with Crippen LogP contribution >= 0.6 is 0 Å². The second-order valence-corrected chi connectivity index (χ2v) is 5.99. The van der Waals surface area contributed by atoms with Crippen LogP contribution in [0.1, 0.15) is 25.2 Å². The average molecular weight is 351 g/mol. The highest BCUT2D eigenvalue weighted by Gasteiger charge is 2.07. The lowest BCUT2D eigenvalue weighted by Gasteiger charge is -2.22. The second-order valence-electron chi connectivity index (χ2n) is 5.99. The molecule has 3 aromatic rings. The van der Waals surface area contributed by atoms with Crippen molar-refractivity contribution < 1.29 is 4.42 Å². The average Bonchev–Trinajstić information content (AvgIpc) is 3.17. The molecule has 0 amide bonds. The topological polar surface area (TPSA) is 66.2 Å². The highest BCUT2D eigenvalue weighted by molar-refractivity contribution is 5.64. The third-order valence-corrected chi connectivity index (χ3v) is 4.26. The van der Waals surface area contributed by atoms with E-state index in [0.717, 1.165) is 35.9 Å². The maximum Gasteiger partial charge on any atom is 0.229 e. The first-order valence-electron chi connectivity index (χ1n) is 8.91. The largest absolute Gasteiger partial charge is 0.467 e. The zero-order valence-corrected chi connectivity index (χ0v) is 15.5. The number of rotatable bonds is 8. The first kappa shape index (κ1) is 17.8. The molecule has 2 aromatic heterocycles. The molecule has 6 heteroatoms. The molecule has 3 rings (SSSR count). The number of aromatic nitrogens is 2. The van der Waals surface area contributed by atoms with Gasteiger partial charge in [0.1, 0.15) is 11.6 Å². The molecule has 6 nitrogen and oxygen atoms in total. The fraction of sp³-hybridized carbons (Fsp3) is 0.300. The van der Waals surface area contributed by atoms with E-state index < -0.39 is 0 Å². The molecule has 0 saturated carbocycles. The number of aryl methyl sites for hydroxylation is 1. The van der Waals surface area contributed by atoms with E-state index in [0.29, 0.717) is 12.5 Å². The van der Waals surface area contributed by atoms with Crippen LogP contribution in [0.15, 0.2) is 53.3 Å². The summed E-state index contributed by atoms with van der Waals surface area (Å²) in [5, 5.41) is 6.54. The van der Waals surface area contributed by atoms with Gasteiger partial charge in [0.05, 0.1) is 12.8 Å². The maximum absolute atomic E-state index is 5.32. The van der Waals surface area contributed by atoms with Gasteiger partial charge in [0.15, 0.2) is 0 Å². The van der Waals surface area contributed by atoms with Gasteiger partial charge in [0.2, 0.25) is 5.95 Å². The van der Waals surface area contributed by atoms with Crippen LogP contribution in [0.2, 0.25) is 0 Å². The zero-order chi connectivity index (χ0) is 18.4. The summed E-state index contributed by atoms with van der Waals surface area (Å²) in [6, 6.07) is 12.0. The van der Waals surface area contributed by atoms with E-state index in [1.165, 1.54) is 5.69 Å². The summed E-state index contributed by atoms with van der Waals surface area (Å²) in [5.74, 6) is 2.17. The fourth-order valence-electron chi connectivity index (χ4n) is 2.80. The number of benzene rings is 1. The number of anilines is 4. The van der Waals surface area contributed by atoms with Crippen molar-refractivity contribution in [2.45, 2.75) is 27.3 Å². The summed E-state index contributed by atoms with van der Waals surface area (Å²) >= 11 is 0. The molecule has 0 radical (unpaired) electrons. The van der Waals surface area contributed by atoms with Crippen LogP contribution in [-0.4, -0.2) is 23.1 Å². The number of nitrogens with one attached hydrogen (secondary N) is 2. The Morgan fingerprint density at radius 1 is 1.12 bits per heavy atom. The minimum absolute atomic E-state index is 0.563. The van der Waals surface area contributed by atoms with Crippen LogP contribution in [-0.2, 0) is 6.54 Å². The first-order chi connectivity index (χ1) is 12.7. The van der Waals surface area contributed by atoms with Crippen molar-refractivity contribution in [1.29, 1.82) is 0 Å². The van der Waals surface area contributed by atoms with Gasteiger partial charge in [0.25, 0.3) is 0 Å². The molecule has 0 spiro atoms. The van der Waals surface area contributed by atoms with Crippen molar-refractivity contribution in [2.24, 2.45) is 0 Å². The van der Waals surface area contributed by atoms with E-state index in [2.05, 4.69) is 64.5 Å². The molecule has 0 saturated heterocycles. The summed E-state index contributed by atoms with van der Waals surface area (Å²) in [6.07, 6.45) is 3.40. The van der Waals surface area contributed by atoms with Crippen LogP contribution in [0.4, 0.5) is 23.1 Å². The Balaban J connectivity index is 1.69. The van der Waals surface area contributed by atoms with Gasteiger partial charge in [-0.1, -0.05) is 0 Å². The summed E-state index contributed by atoms with van der Waals surface area (Å²) in [6.45, 7) is 9.00. The van der Waals surface area contributed by atoms with Gasteiger partial charge in [-0.2, -0.15) is 4.98 Å². The van der Waals surface area contributed by atoms with Gasteiger partial charge < -0.3 is 20.0 Å². The van der Waals surface area contributed by atoms with Gasteiger partial charge in [-0.3, -0.25) is 0 Å². The lowest BCUT2D eigenvalue weighted by atomic mass is 10.1. The van der Waals surface area contributed by atoms with Gasteiger partial charge in [-0.05, 0) is 62.7 Å². The van der Waals surface area contributed by atoms with Crippen molar-refractivity contribution in [3.8, 4) is 0 Å². The zero-order valence-electron chi connectivity index (χ0n) is 15.5. The quantitative estimate of drug-likeness (QED) is 0.619. The van der Waals surface area contributed by atoms with Gasteiger partial charge in [0, 0.05) is 30.7 Å². The van der Waals surface area contributed by atoms with E-state index in [1.54, 1.807) is 12.5 Å². The van der Waals surface area contributed by atoms with E-state index >= 15 is 0 Å². The molecule has 26 heavy (non-hydrogen) atoms. The van der Waals surface area contributed by atoms with Crippen molar-refractivity contribution in [3.05, 3.63) is 60.2 Å². The minimum atomic E-state index is 0.563. The van der Waals surface area contributed by atoms with E-state index in [4.69, 9.17) is 4.42 Å². The molecule has 0 fully saturated rings. The molecule has 0 aliphatic carbocycles. The van der Waals surface area contributed by atoms with E-state index in [-0.39, 0.29) is 0 Å². The molecule has 0 unspecified atom stereocenters. The lowest BCUT2D eigenvalue weighted by molar-refractivity contribution is 0.518. The molecule has 2 heterocycles. The Hall–Kier alpha value is -3.02. The van der Waals surface area contributed by atoms with Crippen molar-refractivity contribution in [1.82, 2.24) is 9.97 Å². The second kappa shape index (κ2) is 8.38. The first-order valence-corrected chi connectivity index (χ1v) is 8.91. The number of furan rings is 1. The molecular weight excluding hydrogens is 326 g/mol. The number of hydrogen-bond acceptors (Lipinski definition) is 6. The normalized spacial score (nSPS) is 10.6. The smallest absolute Gasteiger partial charge is 0.229 e. The highest BCUT2D eigenvalue weighted by atomic mass is 16.3. The number of nitrogens with zero attached hydrogens (tertiary/aromatic N) is 3. The van der Waals surface area contributed by atoms with Gasteiger partial charge in [-0.25, -0.2) is 4.98 Å². The standard InChI is InChI=1S/C20H25N5O/c1-4-25(5-2)16-8-9-18(15(3)13-16)23-20-21-11-10-19(24-20)22-14-17-7-6-12-26-17/h6-13H,4-5,14H2,1-3H3,(H2,21,22,23,24). The molecule has 2 N–H and O–H groups in total. The van der Waals surface area contributed by atoms with E-state index in [9.17, 15) is 0 Å². The molecular formula is C20H25N5O. The molecule has 1 aromatic carbocycles. The Bertz CT molecular complexity index is 828. The lowest BCUT2D eigenvalue weighted by Crippen LogP contribution is -2.21. The number of hydrogen-bond donors (Lipinski definition) is 2. The molecule has 136 valence electrons. The summed E-state index contributed by atoms with van der Waals surface area (Å²) in [5.41, 5.74) is 3.39. The summed E-state index contributed by atoms with van der Waals surface area (Å²) in [4.78, 5) is 11.2. The van der Waals surface area contributed by atoms with Crippen molar-refractivity contribution >= 4 is 23.1 Å².